The third-order valence-corrected chi connectivity index (χ3v) is 4.04. The molecular weight excluding hydrogens is 287 g/mol. The van der Waals surface area contributed by atoms with Gasteiger partial charge in [0.05, 0.1) is 5.56 Å². The van der Waals surface area contributed by atoms with Crippen LogP contribution in [0.4, 0.5) is 13.2 Å². The zero-order valence-electron chi connectivity index (χ0n) is 11.6. The summed E-state index contributed by atoms with van der Waals surface area (Å²) >= 11 is 1.15. The predicted octanol–water partition coefficient (Wildman–Crippen LogP) is 3.68. The second-order valence-electron chi connectivity index (χ2n) is 4.55. The van der Waals surface area contributed by atoms with Gasteiger partial charge in [-0.25, -0.2) is 0 Å². The lowest BCUT2D eigenvalue weighted by molar-refractivity contribution is -0.139. The van der Waals surface area contributed by atoms with Crippen molar-refractivity contribution in [3.05, 3.63) is 29.3 Å². The van der Waals surface area contributed by atoms with Crippen molar-refractivity contribution >= 4 is 11.8 Å². The van der Waals surface area contributed by atoms with Crippen molar-refractivity contribution in [2.24, 2.45) is 0 Å². The summed E-state index contributed by atoms with van der Waals surface area (Å²) in [7, 11) is 0. The number of aliphatic hydroxyl groups is 1. The van der Waals surface area contributed by atoms with E-state index in [1.165, 1.54) is 12.1 Å². The average Bonchev–Trinajstić information content (AvgIpc) is 2.36. The molecule has 0 amide bonds. The summed E-state index contributed by atoms with van der Waals surface area (Å²) < 4.78 is 39.3. The zero-order valence-corrected chi connectivity index (χ0v) is 12.4. The molecule has 1 unspecified atom stereocenters. The van der Waals surface area contributed by atoms with E-state index < -0.39 is 11.7 Å². The molecule has 1 rings (SSSR count). The van der Waals surface area contributed by atoms with Crippen LogP contribution in [0.25, 0.3) is 0 Å². The van der Waals surface area contributed by atoms with E-state index in [1.54, 1.807) is 6.07 Å². The topological polar surface area (TPSA) is 32.3 Å². The predicted molar refractivity (Wildman–Crippen MR) is 75.8 cm³/mol. The largest absolute Gasteiger partial charge is 0.417 e. The van der Waals surface area contributed by atoms with Gasteiger partial charge in [0, 0.05) is 23.3 Å². The molecule has 0 aromatic heterocycles. The van der Waals surface area contributed by atoms with Crippen LogP contribution >= 0.6 is 11.8 Å². The van der Waals surface area contributed by atoms with Gasteiger partial charge in [0.1, 0.15) is 0 Å². The maximum absolute atomic E-state index is 13.1. The van der Waals surface area contributed by atoms with Crippen LogP contribution in [0.15, 0.2) is 23.1 Å². The highest BCUT2D eigenvalue weighted by molar-refractivity contribution is 8.00. The molecule has 114 valence electrons. The lowest BCUT2D eigenvalue weighted by atomic mass is 10.1. The van der Waals surface area contributed by atoms with Gasteiger partial charge in [-0.15, -0.1) is 11.8 Å². The fourth-order valence-electron chi connectivity index (χ4n) is 1.74. The molecule has 0 spiro atoms. The van der Waals surface area contributed by atoms with Gasteiger partial charge in [0.25, 0.3) is 0 Å². The summed E-state index contributed by atoms with van der Waals surface area (Å²) in [6.07, 6.45) is -3.88. The van der Waals surface area contributed by atoms with Gasteiger partial charge in [0.2, 0.25) is 0 Å². The summed E-state index contributed by atoms with van der Waals surface area (Å²) in [6.45, 7) is 4.84. The van der Waals surface area contributed by atoms with Crippen molar-refractivity contribution in [1.29, 1.82) is 0 Å². The number of hydrogen-bond acceptors (Lipinski definition) is 3. The average molecular weight is 307 g/mol. The molecule has 0 fully saturated rings. The van der Waals surface area contributed by atoms with Gasteiger partial charge in [0.15, 0.2) is 0 Å². The summed E-state index contributed by atoms with van der Waals surface area (Å²) in [4.78, 5) is 0.221. The molecule has 0 aliphatic carbocycles. The summed E-state index contributed by atoms with van der Waals surface area (Å²) in [5, 5.41) is 11.8. The monoisotopic (exact) mass is 307 g/mol. The Kier molecular flexibility index (Phi) is 6.85. The van der Waals surface area contributed by atoms with E-state index in [1.807, 2.05) is 13.8 Å². The fraction of sp³-hybridized carbons (Fsp3) is 0.571. The van der Waals surface area contributed by atoms with Crippen LogP contribution in [0.1, 0.15) is 31.4 Å². The van der Waals surface area contributed by atoms with Crippen LogP contribution in [0.5, 0.6) is 0 Å². The number of rotatable bonds is 7. The van der Waals surface area contributed by atoms with E-state index >= 15 is 0 Å². The zero-order chi connectivity index (χ0) is 15.2. The van der Waals surface area contributed by atoms with Crippen LogP contribution in [-0.2, 0) is 12.7 Å². The standard InChI is InChI=1S/C14H20F3NOS/c1-3-18-9-11-4-5-13(20-10(2)6-7-19)12(8-11)14(15,16)17/h4-5,8,10,18-19H,3,6-7,9H2,1-2H3. The normalized spacial score (nSPS) is 13.5. The molecule has 20 heavy (non-hydrogen) atoms. The minimum absolute atomic E-state index is 0.0198. The Morgan fingerprint density at radius 3 is 2.60 bits per heavy atom. The van der Waals surface area contributed by atoms with Gasteiger partial charge in [-0.05, 0) is 30.7 Å². The van der Waals surface area contributed by atoms with Gasteiger partial charge < -0.3 is 10.4 Å². The van der Waals surface area contributed by atoms with Crippen LogP contribution in [0.2, 0.25) is 0 Å². The second kappa shape index (κ2) is 7.90. The highest BCUT2D eigenvalue weighted by Gasteiger charge is 2.34. The molecule has 1 aromatic carbocycles. The number of nitrogens with one attached hydrogen (secondary N) is 1. The molecule has 1 atom stereocenters. The molecule has 0 heterocycles. The molecule has 1 aromatic rings. The number of alkyl halides is 3. The number of hydrogen-bond donors (Lipinski definition) is 2. The highest BCUT2D eigenvalue weighted by atomic mass is 32.2. The molecule has 0 bridgehead atoms. The molecule has 2 nitrogen and oxygen atoms in total. The Hall–Kier alpha value is -0.720. The Labute approximate surface area is 121 Å². The minimum atomic E-state index is -4.36. The van der Waals surface area contributed by atoms with Crippen molar-refractivity contribution in [3.63, 3.8) is 0 Å². The maximum Gasteiger partial charge on any atom is 0.417 e. The van der Waals surface area contributed by atoms with E-state index in [9.17, 15) is 13.2 Å². The van der Waals surface area contributed by atoms with Crippen molar-refractivity contribution in [2.75, 3.05) is 13.2 Å². The third-order valence-electron chi connectivity index (χ3n) is 2.79. The van der Waals surface area contributed by atoms with Crippen LogP contribution in [0, 0.1) is 0 Å². The van der Waals surface area contributed by atoms with Gasteiger partial charge in [-0.2, -0.15) is 13.2 Å². The first-order valence-electron chi connectivity index (χ1n) is 6.56. The van der Waals surface area contributed by atoms with Crippen LogP contribution in [0.3, 0.4) is 0 Å². The lowest BCUT2D eigenvalue weighted by Gasteiger charge is -2.17. The fourth-order valence-corrected chi connectivity index (χ4v) is 2.84. The lowest BCUT2D eigenvalue weighted by Crippen LogP contribution is -2.14. The van der Waals surface area contributed by atoms with Gasteiger partial charge in [-0.1, -0.05) is 19.9 Å². The van der Waals surface area contributed by atoms with E-state index in [-0.39, 0.29) is 16.8 Å². The SMILES string of the molecule is CCNCc1ccc(SC(C)CCO)c(C(F)(F)F)c1. The van der Waals surface area contributed by atoms with Crippen molar-refractivity contribution in [3.8, 4) is 0 Å². The summed E-state index contributed by atoms with van der Waals surface area (Å²) in [5.41, 5.74) is 0.0287. The maximum atomic E-state index is 13.1. The third kappa shape index (κ3) is 5.34. The number of aliphatic hydroxyl groups excluding tert-OH is 1. The quantitative estimate of drug-likeness (QED) is 0.754. The Bertz CT molecular complexity index is 423. The molecule has 0 radical (unpaired) electrons. The van der Waals surface area contributed by atoms with E-state index in [4.69, 9.17) is 5.11 Å². The smallest absolute Gasteiger partial charge is 0.396 e. The molecule has 0 aliphatic rings. The molecule has 0 saturated carbocycles. The second-order valence-corrected chi connectivity index (χ2v) is 6.03. The summed E-state index contributed by atoms with van der Waals surface area (Å²) in [6, 6.07) is 4.44. The first-order valence-corrected chi connectivity index (χ1v) is 7.44. The summed E-state index contributed by atoms with van der Waals surface area (Å²) in [5.74, 6) is 0. The molecule has 2 N–H and O–H groups in total. The Morgan fingerprint density at radius 2 is 2.05 bits per heavy atom. The number of benzene rings is 1. The molecule has 0 aliphatic heterocycles. The van der Waals surface area contributed by atoms with Crippen molar-refractivity contribution in [2.45, 2.75) is 43.1 Å². The van der Waals surface area contributed by atoms with Crippen molar-refractivity contribution < 1.29 is 18.3 Å². The highest BCUT2D eigenvalue weighted by Crippen LogP contribution is 2.39. The van der Waals surface area contributed by atoms with Crippen molar-refractivity contribution in [1.82, 2.24) is 5.32 Å². The Balaban J connectivity index is 2.98. The molecule has 6 heteroatoms. The van der Waals surface area contributed by atoms with Crippen LogP contribution < -0.4 is 5.32 Å². The minimum Gasteiger partial charge on any atom is -0.396 e. The van der Waals surface area contributed by atoms with Gasteiger partial charge >= 0.3 is 6.18 Å². The van der Waals surface area contributed by atoms with Crippen LogP contribution in [-0.4, -0.2) is 23.5 Å². The first kappa shape index (κ1) is 17.3. The molecule has 0 saturated heterocycles. The molecular formula is C14H20F3NOS. The number of halogens is 3. The van der Waals surface area contributed by atoms with E-state index in [2.05, 4.69) is 5.32 Å². The first-order chi connectivity index (χ1) is 9.38. The Morgan fingerprint density at radius 1 is 1.35 bits per heavy atom. The van der Waals surface area contributed by atoms with Gasteiger partial charge in [-0.3, -0.25) is 0 Å². The number of thioether (sulfide) groups is 1. The van der Waals surface area contributed by atoms with E-state index in [0.717, 1.165) is 11.8 Å². The van der Waals surface area contributed by atoms with E-state index in [0.29, 0.717) is 25.1 Å².